The highest BCUT2D eigenvalue weighted by atomic mass is 16.5. The molecule has 4 aromatic rings. The minimum atomic E-state index is 0.0400. The summed E-state index contributed by atoms with van der Waals surface area (Å²) >= 11 is 0. The average Bonchev–Trinajstić information content (AvgIpc) is 3.19. The van der Waals surface area contributed by atoms with E-state index in [0.29, 0.717) is 24.5 Å². The monoisotopic (exact) mass is 397 g/mol. The number of hydrogen-bond donors (Lipinski definition) is 0. The van der Waals surface area contributed by atoms with Gasteiger partial charge in [0.15, 0.2) is 0 Å². The summed E-state index contributed by atoms with van der Waals surface area (Å²) in [5, 5.41) is 0. The fourth-order valence-electron chi connectivity index (χ4n) is 3.95. The summed E-state index contributed by atoms with van der Waals surface area (Å²) < 4.78 is 7.94. The van der Waals surface area contributed by atoms with Gasteiger partial charge in [-0.05, 0) is 54.3 Å². The predicted octanol–water partition coefficient (Wildman–Crippen LogP) is 4.42. The number of rotatable bonds is 4. The van der Waals surface area contributed by atoms with E-state index in [-0.39, 0.29) is 5.91 Å². The van der Waals surface area contributed by atoms with E-state index < -0.39 is 0 Å². The molecule has 0 fully saturated rings. The molecular formula is C25H23N3O2. The third kappa shape index (κ3) is 3.66. The van der Waals surface area contributed by atoms with Crippen molar-refractivity contribution >= 4 is 11.6 Å². The number of carbonyl (C=O) groups is 1. The molecule has 0 saturated heterocycles. The Morgan fingerprint density at radius 1 is 1.03 bits per heavy atom. The minimum absolute atomic E-state index is 0.0400. The summed E-state index contributed by atoms with van der Waals surface area (Å²) in [5.41, 5.74) is 6.14. The second kappa shape index (κ2) is 7.67. The zero-order valence-electron chi connectivity index (χ0n) is 16.9. The maximum atomic E-state index is 13.0. The van der Waals surface area contributed by atoms with Gasteiger partial charge in [-0.25, -0.2) is 4.98 Å². The molecule has 0 aliphatic carbocycles. The first kappa shape index (κ1) is 18.4. The zero-order chi connectivity index (χ0) is 20.5. The lowest BCUT2D eigenvalue weighted by molar-refractivity contribution is 0.0734. The summed E-state index contributed by atoms with van der Waals surface area (Å²) in [4.78, 5) is 19.5. The number of benzene rings is 2. The largest absolute Gasteiger partial charge is 0.487 e. The van der Waals surface area contributed by atoms with Gasteiger partial charge < -0.3 is 14.0 Å². The van der Waals surface area contributed by atoms with E-state index in [1.807, 2.05) is 64.2 Å². The maximum absolute atomic E-state index is 13.0. The second-order valence-electron chi connectivity index (χ2n) is 7.77. The Labute approximate surface area is 175 Å². The molecular weight excluding hydrogens is 374 g/mol. The van der Waals surface area contributed by atoms with Crippen molar-refractivity contribution in [2.45, 2.75) is 26.5 Å². The summed E-state index contributed by atoms with van der Waals surface area (Å²) in [6.07, 6.45) is 4.91. The minimum Gasteiger partial charge on any atom is -0.487 e. The van der Waals surface area contributed by atoms with Gasteiger partial charge in [0.1, 0.15) is 18.0 Å². The molecule has 1 aliphatic rings. The van der Waals surface area contributed by atoms with Crippen LogP contribution in [-0.2, 0) is 19.6 Å². The number of aryl methyl sites for hydroxylation is 1. The molecule has 2 aromatic carbocycles. The highest BCUT2D eigenvalue weighted by molar-refractivity contribution is 5.94. The first-order chi connectivity index (χ1) is 14.7. The zero-order valence-corrected chi connectivity index (χ0v) is 16.9. The Hall–Kier alpha value is -3.60. The van der Waals surface area contributed by atoms with Gasteiger partial charge >= 0.3 is 0 Å². The number of aromatic nitrogens is 2. The lowest BCUT2D eigenvalue weighted by Crippen LogP contribution is -2.35. The van der Waals surface area contributed by atoms with Crippen LogP contribution >= 0.6 is 0 Å². The van der Waals surface area contributed by atoms with Crippen molar-refractivity contribution in [2.75, 3.05) is 6.54 Å². The molecule has 1 amide bonds. The van der Waals surface area contributed by atoms with Crippen LogP contribution in [0.4, 0.5) is 0 Å². The number of ether oxygens (including phenoxy) is 1. The number of imidazole rings is 1. The van der Waals surface area contributed by atoms with Crippen molar-refractivity contribution in [3.63, 3.8) is 0 Å². The van der Waals surface area contributed by atoms with Gasteiger partial charge in [-0.1, -0.05) is 36.4 Å². The van der Waals surface area contributed by atoms with Crippen molar-refractivity contribution < 1.29 is 9.53 Å². The quantitative estimate of drug-likeness (QED) is 0.512. The Morgan fingerprint density at radius 3 is 2.80 bits per heavy atom. The number of nitrogens with zero attached hydrogens (tertiary/aromatic N) is 3. The third-order valence-electron chi connectivity index (χ3n) is 5.53. The van der Waals surface area contributed by atoms with Gasteiger partial charge in [0.2, 0.25) is 0 Å². The van der Waals surface area contributed by atoms with E-state index in [9.17, 15) is 4.79 Å². The fourth-order valence-corrected chi connectivity index (χ4v) is 3.95. The molecule has 5 rings (SSSR count). The van der Waals surface area contributed by atoms with Crippen LogP contribution in [0.15, 0.2) is 73.1 Å². The molecule has 2 aromatic heterocycles. The molecule has 0 unspecified atom stereocenters. The van der Waals surface area contributed by atoms with E-state index in [2.05, 4.69) is 30.1 Å². The molecule has 1 aliphatic heterocycles. The van der Waals surface area contributed by atoms with Crippen LogP contribution in [0, 0.1) is 6.92 Å². The van der Waals surface area contributed by atoms with Gasteiger partial charge in [-0.15, -0.1) is 0 Å². The van der Waals surface area contributed by atoms with Gasteiger partial charge in [-0.3, -0.25) is 4.79 Å². The van der Waals surface area contributed by atoms with Crippen molar-refractivity contribution in [3.8, 4) is 5.75 Å². The van der Waals surface area contributed by atoms with Crippen LogP contribution in [-0.4, -0.2) is 26.7 Å². The normalized spacial score (nSPS) is 13.3. The summed E-state index contributed by atoms with van der Waals surface area (Å²) in [7, 11) is 0. The molecule has 0 saturated carbocycles. The Bertz CT molecular complexity index is 1230. The van der Waals surface area contributed by atoms with Crippen LogP contribution < -0.4 is 4.74 Å². The van der Waals surface area contributed by atoms with E-state index in [1.54, 1.807) is 0 Å². The number of pyridine rings is 1. The highest BCUT2D eigenvalue weighted by Crippen LogP contribution is 2.22. The van der Waals surface area contributed by atoms with Gasteiger partial charge in [0.25, 0.3) is 5.91 Å². The van der Waals surface area contributed by atoms with Crippen LogP contribution in [0.2, 0.25) is 0 Å². The number of carbonyl (C=O) groups excluding carboxylic acids is 1. The van der Waals surface area contributed by atoms with Crippen LogP contribution in [0.1, 0.15) is 32.7 Å². The number of hydrogen-bond acceptors (Lipinski definition) is 3. The molecule has 5 nitrogen and oxygen atoms in total. The molecule has 0 atom stereocenters. The second-order valence-corrected chi connectivity index (χ2v) is 7.77. The first-order valence-corrected chi connectivity index (χ1v) is 10.2. The standard InChI is InChI=1S/C25H23N3O2/c1-18-9-10-24-26-22(16-28(24)14-18)17-30-23-8-4-7-20(13-23)25(29)27-12-11-19-5-2-3-6-21(19)15-27/h2-10,13-14,16H,11-12,15,17H2,1H3. The Morgan fingerprint density at radius 2 is 1.90 bits per heavy atom. The Balaban J connectivity index is 1.28. The number of fused-ring (bicyclic) bond motifs is 2. The molecule has 150 valence electrons. The molecule has 0 N–H and O–H groups in total. The van der Waals surface area contributed by atoms with E-state index in [1.165, 1.54) is 16.7 Å². The summed E-state index contributed by atoms with van der Waals surface area (Å²) in [6.45, 7) is 3.80. The predicted molar refractivity (Wildman–Crippen MR) is 116 cm³/mol. The molecule has 0 radical (unpaired) electrons. The van der Waals surface area contributed by atoms with Crippen molar-refractivity contribution in [1.29, 1.82) is 0 Å². The van der Waals surface area contributed by atoms with Gasteiger partial charge in [-0.2, -0.15) is 0 Å². The topological polar surface area (TPSA) is 46.8 Å². The summed E-state index contributed by atoms with van der Waals surface area (Å²) in [6, 6.07) is 19.8. The fraction of sp³-hybridized carbons (Fsp3) is 0.200. The highest BCUT2D eigenvalue weighted by Gasteiger charge is 2.21. The Kier molecular flexibility index (Phi) is 4.71. The average molecular weight is 397 g/mol. The first-order valence-electron chi connectivity index (χ1n) is 10.2. The lowest BCUT2D eigenvalue weighted by Gasteiger charge is -2.29. The van der Waals surface area contributed by atoms with Crippen molar-refractivity contribution in [1.82, 2.24) is 14.3 Å². The van der Waals surface area contributed by atoms with Crippen LogP contribution in [0.3, 0.4) is 0 Å². The SMILES string of the molecule is Cc1ccc2nc(COc3cccc(C(=O)N4CCc5ccccc5C4)c3)cn2c1. The lowest BCUT2D eigenvalue weighted by atomic mass is 9.99. The molecule has 5 heteroatoms. The van der Waals surface area contributed by atoms with Crippen LogP contribution in [0.5, 0.6) is 5.75 Å². The van der Waals surface area contributed by atoms with Gasteiger partial charge in [0.05, 0.1) is 5.69 Å². The number of amides is 1. The van der Waals surface area contributed by atoms with Crippen molar-refractivity contribution in [2.24, 2.45) is 0 Å². The van der Waals surface area contributed by atoms with E-state index in [0.717, 1.165) is 24.3 Å². The van der Waals surface area contributed by atoms with E-state index >= 15 is 0 Å². The molecule has 3 heterocycles. The molecule has 30 heavy (non-hydrogen) atoms. The van der Waals surface area contributed by atoms with Gasteiger partial charge in [0, 0.05) is 31.0 Å². The third-order valence-corrected chi connectivity index (χ3v) is 5.53. The summed E-state index contributed by atoms with van der Waals surface area (Å²) in [5.74, 6) is 0.713. The van der Waals surface area contributed by atoms with Crippen molar-refractivity contribution in [3.05, 3.63) is 101 Å². The smallest absolute Gasteiger partial charge is 0.254 e. The maximum Gasteiger partial charge on any atom is 0.254 e. The van der Waals surface area contributed by atoms with E-state index in [4.69, 9.17) is 4.74 Å². The van der Waals surface area contributed by atoms with Crippen LogP contribution in [0.25, 0.3) is 5.65 Å². The molecule has 0 bridgehead atoms. The molecule has 0 spiro atoms.